The Morgan fingerprint density at radius 2 is 2.17 bits per heavy atom. The normalized spacial score (nSPS) is 17.7. The zero-order valence-electron chi connectivity index (χ0n) is 13.3. The van der Waals surface area contributed by atoms with E-state index < -0.39 is 0 Å². The van der Waals surface area contributed by atoms with Crippen molar-refractivity contribution in [2.24, 2.45) is 0 Å². The van der Waals surface area contributed by atoms with Crippen LogP contribution in [0, 0.1) is 6.92 Å². The van der Waals surface area contributed by atoms with E-state index in [-0.39, 0.29) is 11.9 Å². The number of carbonyl (C=O) groups excluding carboxylic acids is 1. The minimum atomic E-state index is 0.0688. The highest BCUT2D eigenvalue weighted by molar-refractivity contribution is 7.10. The number of thiophene rings is 1. The molecule has 0 bridgehead atoms. The third-order valence-corrected chi connectivity index (χ3v) is 4.85. The van der Waals surface area contributed by atoms with Gasteiger partial charge in [-0.3, -0.25) is 9.69 Å². The van der Waals surface area contributed by atoms with E-state index in [0.717, 1.165) is 18.0 Å². The molecule has 1 unspecified atom stereocenters. The summed E-state index contributed by atoms with van der Waals surface area (Å²) < 4.78 is 5.24. The van der Waals surface area contributed by atoms with Crippen molar-refractivity contribution in [1.29, 1.82) is 0 Å². The lowest BCUT2D eigenvalue weighted by Crippen LogP contribution is -2.48. The summed E-state index contributed by atoms with van der Waals surface area (Å²) in [6, 6.07) is 4.06. The van der Waals surface area contributed by atoms with Gasteiger partial charge in [0.05, 0.1) is 6.04 Å². The third-order valence-electron chi connectivity index (χ3n) is 4.01. The number of aromatic nitrogens is 2. The zero-order valence-corrected chi connectivity index (χ0v) is 14.1. The van der Waals surface area contributed by atoms with Crippen LogP contribution in [0.25, 0.3) is 6.08 Å². The van der Waals surface area contributed by atoms with Gasteiger partial charge < -0.3 is 9.42 Å². The Labute approximate surface area is 139 Å². The van der Waals surface area contributed by atoms with Crippen LogP contribution in [-0.2, 0) is 4.79 Å². The van der Waals surface area contributed by atoms with Crippen LogP contribution in [0.4, 0.5) is 0 Å². The molecule has 1 atom stereocenters. The summed E-state index contributed by atoms with van der Waals surface area (Å²) in [5.74, 6) is 1.36. The van der Waals surface area contributed by atoms with Crippen molar-refractivity contribution in [1.82, 2.24) is 19.9 Å². The van der Waals surface area contributed by atoms with Gasteiger partial charge >= 0.3 is 0 Å². The van der Waals surface area contributed by atoms with Gasteiger partial charge in [0, 0.05) is 37.1 Å². The molecule has 1 aliphatic rings. The van der Waals surface area contributed by atoms with Crippen molar-refractivity contribution in [3.05, 3.63) is 40.2 Å². The second-order valence-electron chi connectivity index (χ2n) is 5.57. The van der Waals surface area contributed by atoms with Gasteiger partial charge in [-0.2, -0.15) is 4.98 Å². The molecule has 3 rings (SSSR count). The Balaban J connectivity index is 1.52. The van der Waals surface area contributed by atoms with Crippen molar-refractivity contribution < 1.29 is 9.32 Å². The quantitative estimate of drug-likeness (QED) is 0.804. The van der Waals surface area contributed by atoms with Crippen LogP contribution in [-0.4, -0.2) is 52.0 Å². The fourth-order valence-electron chi connectivity index (χ4n) is 2.61. The molecule has 0 spiro atoms. The van der Waals surface area contributed by atoms with Crippen LogP contribution >= 0.6 is 11.3 Å². The van der Waals surface area contributed by atoms with Crippen LogP contribution < -0.4 is 0 Å². The summed E-state index contributed by atoms with van der Waals surface area (Å²) in [5.41, 5.74) is 0. The number of hydrogen-bond donors (Lipinski definition) is 0. The molecule has 2 aromatic heterocycles. The summed E-state index contributed by atoms with van der Waals surface area (Å²) in [6.07, 6.45) is 3.54. The minimum absolute atomic E-state index is 0.0688. The SMILES string of the molecule is Cc1noc(C(C)N2CCN(C(=O)C=Cc3cccs3)CC2)n1. The maximum atomic E-state index is 12.2. The Kier molecular flexibility index (Phi) is 4.88. The molecule has 0 N–H and O–H groups in total. The predicted octanol–water partition coefficient (Wildman–Crippen LogP) is 2.36. The molecule has 0 saturated carbocycles. The summed E-state index contributed by atoms with van der Waals surface area (Å²) in [4.78, 5) is 21.8. The van der Waals surface area contributed by atoms with E-state index in [1.54, 1.807) is 17.4 Å². The molecule has 1 saturated heterocycles. The molecular formula is C16H20N4O2S. The summed E-state index contributed by atoms with van der Waals surface area (Å²) >= 11 is 1.63. The van der Waals surface area contributed by atoms with Gasteiger partial charge in [0.25, 0.3) is 0 Å². The fourth-order valence-corrected chi connectivity index (χ4v) is 3.23. The highest BCUT2D eigenvalue weighted by Crippen LogP contribution is 2.20. The summed E-state index contributed by atoms with van der Waals surface area (Å²) in [6.45, 7) is 6.91. The van der Waals surface area contributed by atoms with E-state index in [4.69, 9.17) is 4.52 Å². The molecule has 7 heteroatoms. The number of nitrogens with zero attached hydrogens (tertiary/aromatic N) is 4. The smallest absolute Gasteiger partial charge is 0.246 e. The van der Waals surface area contributed by atoms with Crippen molar-refractivity contribution >= 4 is 23.3 Å². The number of carbonyl (C=O) groups is 1. The molecule has 0 aromatic carbocycles. The van der Waals surface area contributed by atoms with Crippen LogP contribution in [0.2, 0.25) is 0 Å². The molecule has 2 aromatic rings. The first-order valence-electron chi connectivity index (χ1n) is 7.68. The Morgan fingerprint density at radius 3 is 2.78 bits per heavy atom. The van der Waals surface area contributed by atoms with Gasteiger partial charge in [0.15, 0.2) is 5.82 Å². The predicted molar refractivity (Wildman–Crippen MR) is 89.0 cm³/mol. The second-order valence-corrected chi connectivity index (χ2v) is 6.55. The average molecular weight is 332 g/mol. The van der Waals surface area contributed by atoms with E-state index in [0.29, 0.717) is 24.8 Å². The minimum Gasteiger partial charge on any atom is -0.338 e. The highest BCUT2D eigenvalue weighted by atomic mass is 32.1. The molecule has 0 aliphatic carbocycles. The van der Waals surface area contributed by atoms with Gasteiger partial charge in [-0.05, 0) is 31.4 Å². The lowest BCUT2D eigenvalue weighted by atomic mass is 10.2. The Hall–Kier alpha value is -1.99. The number of piperazine rings is 1. The monoisotopic (exact) mass is 332 g/mol. The number of rotatable bonds is 4. The molecule has 1 aliphatic heterocycles. The zero-order chi connectivity index (χ0) is 16.2. The standard InChI is InChI=1S/C16H20N4O2S/c1-12(16-17-13(2)18-22-16)19-7-9-20(10-8-19)15(21)6-5-14-4-3-11-23-14/h3-6,11-12H,7-10H2,1-2H3. The van der Waals surface area contributed by atoms with E-state index in [2.05, 4.69) is 22.0 Å². The lowest BCUT2D eigenvalue weighted by Gasteiger charge is -2.36. The molecular weight excluding hydrogens is 312 g/mol. The molecule has 0 radical (unpaired) electrons. The van der Waals surface area contributed by atoms with Crippen LogP contribution in [0.3, 0.4) is 0 Å². The largest absolute Gasteiger partial charge is 0.338 e. The molecule has 6 nitrogen and oxygen atoms in total. The van der Waals surface area contributed by atoms with Gasteiger partial charge in [-0.1, -0.05) is 11.2 Å². The first-order valence-corrected chi connectivity index (χ1v) is 8.56. The number of amides is 1. The van der Waals surface area contributed by atoms with Gasteiger partial charge in [0.1, 0.15) is 0 Å². The van der Waals surface area contributed by atoms with Crippen molar-refractivity contribution in [2.75, 3.05) is 26.2 Å². The summed E-state index contributed by atoms with van der Waals surface area (Å²) in [7, 11) is 0. The third kappa shape index (κ3) is 3.86. The maximum absolute atomic E-state index is 12.2. The Bertz CT molecular complexity index is 672. The summed E-state index contributed by atoms with van der Waals surface area (Å²) in [5, 5.41) is 5.84. The van der Waals surface area contributed by atoms with Crippen LogP contribution in [0.5, 0.6) is 0 Å². The van der Waals surface area contributed by atoms with E-state index in [9.17, 15) is 4.79 Å². The second kappa shape index (κ2) is 7.06. The Morgan fingerprint density at radius 1 is 1.39 bits per heavy atom. The molecule has 23 heavy (non-hydrogen) atoms. The van der Waals surface area contributed by atoms with Gasteiger partial charge in [-0.15, -0.1) is 11.3 Å². The van der Waals surface area contributed by atoms with Crippen molar-refractivity contribution in [2.45, 2.75) is 19.9 Å². The van der Waals surface area contributed by atoms with E-state index >= 15 is 0 Å². The first kappa shape index (κ1) is 15.9. The number of hydrogen-bond acceptors (Lipinski definition) is 6. The van der Waals surface area contributed by atoms with E-state index in [1.165, 1.54) is 0 Å². The molecule has 122 valence electrons. The number of aryl methyl sites for hydroxylation is 1. The highest BCUT2D eigenvalue weighted by Gasteiger charge is 2.26. The lowest BCUT2D eigenvalue weighted by molar-refractivity contribution is -0.128. The van der Waals surface area contributed by atoms with Crippen LogP contribution in [0.1, 0.15) is 29.6 Å². The first-order chi connectivity index (χ1) is 11.1. The van der Waals surface area contributed by atoms with E-state index in [1.807, 2.05) is 35.4 Å². The average Bonchev–Trinajstić information content (AvgIpc) is 3.23. The molecule has 1 amide bonds. The fraction of sp³-hybridized carbons (Fsp3) is 0.438. The van der Waals surface area contributed by atoms with Gasteiger partial charge in [-0.25, -0.2) is 0 Å². The van der Waals surface area contributed by atoms with Crippen molar-refractivity contribution in [3.63, 3.8) is 0 Å². The molecule has 1 fully saturated rings. The maximum Gasteiger partial charge on any atom is 0.246 e. The van der Waals surface area contributed by atoms with Crippen molar-refractivity contribution in [3.8, 4) is 0 Å². The topological polar surface area (TPSA) is 62.5 Å². The molecule has 3 heterocycles. The van der Waals surface area contributed by atoms with Crippen LogP contribution in [0.15, 0.2) is 28.1 Å². The van der Waals surface area contributed by atoms with Gasteiger partial charge in [0.2, 0.25) is 11.8 Å².